The van der Waals surface area contributed by atoms with E-state index in [1.807, 2.05) is 0 Å². The second-order valence-electron chi connectivity index (χ2n) is 3.36. The summed E-state index contributed by atoms with van der Waals surface area (Å²) in [7, 11) is 0. The Balaban J connectivity index is 3.70. The molecule has 19 heavy (non-hydrogen) atoms. The van der Waals surface area contributed by atoms with E-state index in [9.17, 15) is 54.0 Å². The first-order valence-corrected chi connectivity index (χ1v) is 3.90. The summed E-state index contributed by atoms with van der Waals surface area (Å²) in [6, 6.07) is -13.7. The third-order valence-corrected chi connectivity index (χ3v) is 2.24. The largest absolute Gasteiger partial charge is 0.450 e. The number of alkyl halides is 10. The van der Waals surface area contributed by atoms with Gasteiger partial charge in [-0.15, -0.1) is 0 Å². The zero-order valence-electron chi connectivity index (χ0n) is 7.99. The summed E-state index contributed by atoms with van der Waals surface area (Å²) in [5, 5.41) is 3.66. The van der Waals surface area contributed by atoms with Crippen LogP contribution in [0.4, 0.5) is 43.9 Å². The fraction of sp³-hybridized carbons (Fsp3) is 1.00. The molecular weight excluding hydrogens is 310 g/mol. The van der Waals surface area contributed by atoms with Gasteiger partial charge in [0.25, 0.3) is 0 Å². The molecule has 0 aromatic heterocycles. The monoisotopic (exact) mass is 310 g/mol. The lowest BCUT2D eigenvalue weighted by molar-refractivity contribution is -0.767. The average molecular weight is 310 g/mol. The van der Waals surface area contributed by atoms with Crippen LogP contribution >= 0.6 is 0 Å². The van der Waals surface area contributed by atoms with E-state index in [4.69, 9.17) is 0 Å². The minimum Gasteiger partial charge on any atom is -0.234 e. The average Bonchev–Trinajstić information content (AvgIpc) is 2.12. The highest BCUT2D eigenvalue weighted by atomic mass is 19.4. The van der Waals surface area contributed by atoms with Crippen LogP contribution in [0.5, 0.6) is 0 Å². The molecule has 1 aliphatic heterocycles. The van der Waals surface area contributed by atoms with Gasteiger partial charge >= 0.3 is 29.9 Å². The summed E-state index contributed by atoms with van der Waals surface area (Å²) >= 11 is 0. The number of hydrogen-bond donors (Lipinski definition) is 0. The van der Waals surface area contributed by atoms with Crippen LogP contribution in [0.2, 0.25) is 0 Å². The standard InChI is InChI=1S/C5F10N2O2/c6-1(7)2(8,9)4(12,13)16(17(18)19)5(14,15)3(1,10)11. The third kappa shape index (κ3) is 1.36. The van der Waals surface area contributed by atoms with Crippen LogP contribution in [0.25, 0.3) is 0 Å². The zero-order chi connectivity index (χ0) is 15.7. The molecule has 0 radical (unpaired) electrons. The topological polar surface area (TPSA) is 46.4 Å². The molecule has 1 aliphatic rings. The van der Waals surface area contributed by atoms with Gasteiger partial charge in [-0.3, -0.25) is 0 Å². The second kappa shape index (κ2) is 3.33. The molecule has 0 unspecified atom stereocenters. The Morgan fingerprint density at radius 1 is 0.684 bits per heavy atom. The third-order valence-electron chi connectivity index (χ3n) is 2.24. The van der Waals surface area contributed by atoms with Crippen molar-refractivity contribution in [1.82, 2.24) is 5.01 Å². The Labute approximate surface area is 95.2 Å². The molecule has 1 heterocycles. The number of hydrazine groups is 1. The van der Waals surface area contributed by atoms with E-state index in [0.717, 1.165) is 0 Å². The van der Waals surface area contributed by atoms with E-state index >= 15 is 0 Å². The van der Waals surface area contributed by atoms with Crippen molar-refractivity contribution in [2.75, 3.05) is 0 Å². The lowest BCUT2D eigenvalue weighted by atomic mass is 9.95. The fourth-order valence-electron chi connectivity index (χ4n) is 1.22. The molecule has 0 aromatic carbocycles. The minimum absolute atomic E-state index is 3.00. The number of nitrogens with zero attached hydrogens (tertiary/aromatic N) is 2. The molecule has 1 fully saturated rings. The molecule has 0 bridgehead atoms. The highest BCUT2D eigenvalue weighted by Gasteiger charge is 2.98. The van der Waals surface area contributed by atoms with Gasteiger partial charge in [0.1, 0.15) is 0 Å². The van der Waals surface area contributed by atoms with Crippen LogP contribution in [0, 0.1) is 10.1 Å². The molecule has 0 aliphatic carbocycles. The van der Waals surface area contributed by atoms with Gasteiger partial charge in [-0.2, -0.15) is 43.9 Å². The van der Waals surface area contributed by atoms with E-state index in [0.29, 0.717) is 0 Å². The van der Waals surface area contributed by atoms with Crippen LogP contribution in [0.15, 0.2) is 0 Å². The second-order valence-corrected chi connectivity index (χ2v) is 3.36. The lowest BCUT2D eigenvalue weighted by Gasteiger charge is -2.46. The first-order valence-electron chi connectivity index (χ1n) is 3.90. The summed E-state index contributed by atoms with van der Waals surface area (Å²) in [6.45, 7) is 0. The maximum Gasteiger partial charge on any atom is 0.450 e. The smallest absolute Gasteiger partial charge is 0.234 e. The van der Waals surface area contributed by atoms with Gasteiger partial charge in [0.2, 0.25) is 0 Å². The Morgan fingerprint density at radius 2 is 0.947 bits per heavy atom. The van der Waals surface area contributed by atoms with E-state index in [2.05, 4.69) is 0 Å². The maximum atomic E-state index is 12.7. The molecule has 0 spiro atoms. The summed E-state index contributed by atoms with van der Waals surface area (Å²) in [5.41, 5.74) is 0. The predicted octanol–water partition coefficient (Wildman–Crippen LogP) is 2.59. The van der Waals surface area contributed by atoms with Crippen LogP contribution < -0.4 is 0 Å². The highest BCUT2D eigenvalue weighted by Crippen LogP contribution is 2.64. The Hall–Kier alpha value is -1.50. The molecule has 0 saturated carbocycles. The van der Waals surface area contributed by atoms with Crippen LogP contribution in [0.3, 0.4) is 0 Å². The minimum atomic E-state index is -7.21. The van der Waals surface area contributed by atoms with Gasteiger partial charge in [-0.05, 0) is 0 Å². The molecule has 0 aromatic rings. The molecular formula is C5F10N2O2. The number of hydrogen-bond acceptors (Lipinski definition) is 2. The van der Waals surface area contributed by atoms with Crippen molar-refractivity contribution < 1.29 is 48.9 Å². The van der Waals surface area contributed by atoms with E-state index < -0.39 is 39.9 Å². The Kier molecular flexibility index (Phi) is 2.73. The van der Waals surface area contributed by atoms with Crippen molar-refractivity contribution in [3.8, 4) is 0 Å². The van der Waals surface area contributed by atoms with Crippen molar-refractivity contribution in [3.63, 3.8) is 0 Å². The highest BCUT2D eigenvalue weighted by molar-refractivity contribution is 5.12. The van der Waals surface area contributed by atoms with Gasteiger partial charge in [0.15, 0.2) is 5.03 Å². The maximum absolute atomic E-state index is 12.7. The predicted molar refractivity (Wildman–Crippen MR) is 33.6 cm³/mol. The SMILES string of the molecule is O=[N+]([O-])N1C(F)(F)C(F)(F)C(F)(F)C(F)(F)C1(F)F. The van der Waals surface area contributed by atoms with Gasteiger partial charge < -0.3 is 0 Å². The summed E-state index contributed by atoms with van der Waals surface area (Å²) in [6.07, 6.45) is 0. The summed E-state index contributed by atoms with van der Waals surface area (Å²) in [4.78, 5) is 9.83. The number of piperidine rings is 1. The molecule has 1 rings (SSSR count). The summed E-state index contributed by atoms with van der Waals surface area (Å²) < 4.78 is 126. The van der Waals surface area contributed by atoms with E-state index in [1.54, 1.807) is 0 Å². The van der Waals surface area contributed by atoms with Crippen molar-refractivity contribution >= 4 is 0 Å². The quantitative estimate of drug-likeness (QED) is 0.324. The van der Waals surface area contributed by atoms with Gasteiger partial charge in [-0.1, -0.05) is 0 Å². The number of halogens is 10. The first kappa shape index (κ1) is 15.6. The van der Waals surface area contributed by atoms with Gasteiger partial charge in [0.05, 0.1) is 0 Å². The molecule has 112 valence electrons. The molecule has 1 saturated heterocycles. The van der Waals surface area contributed by atoms with Crippen LogP contribution in [-0.2, 0) is 0 Å². The van der Waals surface area contributed by atoms with Crippen molar-refractivity contribution in [2.24, 2.45) is 0 Å². The number of nitro groups is 1. The summed E-state index contributed by atoms with van der Waals surface area (Å²) in [5.74, 6) is -21.4. The lowest BCUT2D eigenvalue weighted by Crippen LogP contribution is -2.82. The Bertz CT molecular complexity index is 390. The first-order chi connectivity index (χ1) is 8.07. The van der Waals surface area contributed by atoms with Crippen LogP contribution in [-0.4, -0.2) is 39.9 Å². The van der Waals surface area contributed by atoms with Crippen molar-refractivity contribution in [2.45, 2.75) is 29.9 Å². The molecule has 0 N–H and O–H groups in total. The van der Waals surface area contributed by atoms with Crippen molar-refractivity contribution in [1.29, 1.82) is 0 Å². The zero-order valence-corrected chi connectivity index (χ0v) is 7.99. The van der Waals surface area contributed by atoms with Crippen LogP contribution in [0.1, 0.15) is 0 Å². The fourth-order valence-corrected chi connectivity index (χ4v) is 1.22. The van der Waals surface area contributed by atoms with E-state index in [-0.39, 0.29) is 0 Å². The number of rotatable bonds is 1. The molecule has 0 atom stereocenters. The molecule has 0 amide bonds. The van der Waals surface area contributed by atoms with Crippen molar-refractivity contribution in [3.05, 3.63) is 10.1 Å². The molecule has 14 heteroatoms. The molecule has 4 nitrogen and oxygen atoms in total. The van der Waals surface area contributed by atoms with Gasteiger partial charge in [-0.25, -0.2) is 10.1 Å². The van der Waals surface area contributed by atoms with E-state index in [1.165, 1.54) is 0 Å². The Morgan fingerprint density at radius 3 is 1.16 bits per heavy atom. The normalized spacial score (nSPS) is 29.9. The van der Waals surface area contributed by atoms with Gasteiger partial charge in [0, 0.05) is 5.01 Å².